The van der Waals surface area contributed by atoms with Gasteiger partial charge in [0.15, 0.2) is 0 Å². The maximum atomic E-state index is 5.74. The van der Waals surface area contributed by atoms with Gasteiger partial charge in [-0.05, 0) is 91.8 Å². The first-order valence-corrected chi connectivity index (χ1v) is 10.8. The highest BCUT2D eigenvalue weighted by molar-refractivity contribution is 5.66. The fourth-order valence-electron chi connectivity index (χ4n) is 6.06. The van der Waals surface area contributed by atoms with Gasteiger partial charge in [-0.25, -0.2) is 0 Å². The van der Waals surface area contributed by atoms with Crippen molar-refractivity contribution >= 4 is 0 Å². The van der Waals surface area contributed by atoms with Gasteiger partial charge in [0.2, 0.25) is 0 Å². The monoisotopic (exact) mass is 361 g/mol. The molecular formula is C25H31NO. The summed E-state index contributed by atoms with van der Waals surface area (Å²) in [6.45, 7) is 2.52. The molecule has 2 heteroatoms. The molecule has 0 N–H and O–H groups in total. The molecule has 1 heterocycles. The van der Waals surface area contributed by atoms with E-state index in [1.807, 2.05) is 7.11 Å². The van der Waals surface area contributed by atoms with Gasteiger partial charge >= 0.3 is 0 Å². The molecule has 27 heavy (non-hydrogen) atoms. The Balaban J connectivity index is 1.32. The third-order valence-corrected chi connectivity index (χ3v) is 7.48. The minimum Gasteiger partial charge on any atom is -0.496 e. The van der Waals surface area contributed by atoms with Crippen LogP contribution in [0.2, 0.25) is 0 Å². The standard InChI is InChI=1S/C25H31NO/c1-27-25-10-9-21(19-5-3-2-4-6-19)17-23(25)20-11-13-26(14-12-20)24-16-18-7-8-22(24)15-18/h2-6,9-10,17-18,20,22,24H,7-8,11-16H2,1H3/t18-,22+,24-/m1/s1. The molecule has 0 unspecified atom stereocenters. The Labute approximate surface area is 163 Å². The Kier molecular flexibility index (Phi) is 4.69. The van der Waals surface area contributed by atoms with E-state index in [-0.39, 0.29) is 0 Å². The quantitative estimate of drug-likeness (QED) is 0.689. The minimum absolute atomic E-state index is 0.624. The number of methoxy groups -OCH3 is 1. The zero-order valence-corrected chi connectivity index (χ0v) is 16.4. The fraction of sp³-hybridized carbons (Fsp3) is 0.520. The molecule has 142 valence electrons. The highest BCUT2D eigenvalue weighted by atomic mass is 16.5. The van der Waals surface area contributed by atoms with Crippen molar-refractivity contribution in [3.05, 3.63) is 54.1 Å². The van der Waals surface area contributed by atoms with Crippen LogP contribution in [0.25, 0.3) is 11.1 Å². The normalized spacial score (nSPS) is 28.6. The number of ether oxygens (including phenoxy) is 1. The minimum atomic E-state index is 0.624. The van der Waals surface area contributed by atoms with Crippen LogP contribution in [0.4, 0.5) is 0 Å². The summed E-state index contributed by atoms with van der Waals surface area (Å²) in [6, 6.07) is 18.3. The zero-order chi connectivity index (χ0) is 18.2. The van der Waals surface area contributed by atoms with E-state index < -0.39 is 0 Å². The number of fused-ring (bicyclic) bond motifs is 2. The number of nitrogens with zero attached hydrogens (tertiary/aromatic N) is 1. The average Bonchev–Trinajstić information content (AvgIpc) is 3.38. The molecule has 0 spiro atoms. The van der Waals surface area contributed by atoms with Gasteiger partial charge in [-0.2, -0.15) is 0 Å². The molecule has 1 aliphatic heterocycles. The number of piperidine rings is 1. The second kappa shape index (κ2) is 7.31. The largest absolute Gasteiger partial charge is 0.496 e. The number of benzene rings is 2. The summed E-state index contributed by atoms with van der Waals surface area (Å²) in [4.78, 5) is 2.83. The first-order chi connectivity index (χ1) is 13.3. The van der Waals surface area contributed by atoms with Gasteiger partial charge < -0.3 is 9.64 Å². The van der Waals surface area contributed by atoms with E-state index in [2.05, 4.69) is 53.4 Å². The molecule has 5 rings (SSSR count). The summed E-state index contributed by atoms with van der Waals surface area (Å²) in [7, 11) is 1.81. The summed E-state index contributed by atoms with van der Waals surface area (Å²) >= 11 is 0. The van der Waals surface area contributed by atoms with Crippen LogP contribution in [0.1, 0.15) is 50.0 Å². The van der Waals surface area contributed by atoms with E-state index in [1.54, 1.807) is 0 Å². The topological polar surface area (TPSA) is 12.5 Å². The van der Waals surface area contributed by atoms with Crippen molar-refractivity contribution in [1.82, 2.24) is 4.90 Å². The lowest BCUT2D eigenvalue weighted by atomic mass is 9.85. The fourth-order valence-corrected chi connectivity index (χ4v) is 6.06. The molecule has 3 fully saturated rings. The molecule has 3 atom stereocenters. The van der Waals surface area contributed by atoms with Crippen LogP contribution in [-0.4, -0.2) is 31.1 Å². The smallest absolute Gasteiger partial charge is 0.122 e. The summed E-state index contributed by atoms with van der Waals surface area (Å²) in [5, 5.41) is 0. The molecule has 0 aromatic heterocycles. The molecular weight excluding hydrogens is 330 g/mol. The van der Waals surface area contributed by atoms with Crippen LogP contribution in [0.15, 0.2) is 48.5 Å². The van der Waals surface area contributed by atoms with Crippen LogP contribution >= 0.6 is 0 Å². The lowest BCUT2D eigenvalue weighted by Gasteiger charge is -2.40. The molecule has 2 aromatic rings. The summed E-state index contributed by atoms with van der Waals surface area (Å²) in [5.74, 6) is 3.73. The molecule has 2 aromatic carbocycles. The van der Waals surface area contributed by atoms with Gasteiger partial charge in [-0.3, -0.25) is 0 Å². The van der Waals surface area contributed by atoms with Crippen molar-refractivity contribution in [2.75, 3.05) is 20.2 Å². The highest BCUT2D eigenvalue weighted by Crippen LogP contribution is 2.48. The first-order valence-electron chi connectivity index (χ1n) is 10.8. The van der Waals surface area contributed by atoms with Gasteiger partial charge in [0.1, 0.15) is 5.75 Å². The summed E-state index contributed by atoms with van der Waals surface area (Å²) in [6.07, 6.45) is 8.51. The molecule has 2 saturated carbocycles. The van der Waals surface area contributed by atoms with E-state index in [9.17, 15) is 0 Å². The predicted molar refractivity (Wildman–Crippen MR) is 111 cm³/mol. The molecule has 2 aliphatic carbocycles. The van der Waals surface area contributed by atoms with Gasteiger partial charge in [0, 0.05) is 6.04 Å². The Morgan fingerprint density at radius 2 is 1.67 bits per heavy atom. The van der Waals surface area contributed by atoms with E-state index in [1.165, 1.54) is 68.3 Å². The third-order valence-electron chi connectivity index (χ3n) is 7.48. The van der Waals surface area contributed by atoms with Gasteiger partial charge in [-0.1, -0.05) is 42.8 Å². The van der Waals surface area contributed by atoms with Crippen molar-refractivity contribution in [2.24, 2.45) is 11.8 Å². The maximum absolute atomic E-state index is 5.74. The van der Waals surface area contributed by atoms with Crippen LogP contribution in [0.3, 0.4) is 0 Å². The molecule has 0 amide bonds. The Bertz CT molecular complexity index is 778. The van der Waals surface area contributed by atoms with Crippen LogP contribution in [0.5, 0.6) is 5.75 Å². The van der Waals surface area contributed by atoms with E-state index in [0.717, 1.165) is 23.6 Å². The van der Waals surface area contributed by atoms with Crippen molar-refractivity contribution in [3.63, 3.8) is 0 Å². The van der Waals surface area contributed by atoms with Crippen molar-refractivity contribution < 1.29 is 4.74 Å². The summed E-state index contributed by atoms with van der Waals surface area (Å²) in [5.41, 5.74) is 4.01. The van der Waals surface area contributed by atoms with E-state index >= 15 is 0 Å². The van der Waals surface area contributed by atoms with Crippen molar-refractivity contribution in [3.8, 4) is 16.9 Å². The van der Waals surface area contributed by atoms with Crippen LogP contribution < -0.4 is 4.74 Å². The lowest BCUT2D eigenvalue weighted by Crippen LogP contribution is -2.43. The number of rotatable bonds is 4. The van der Waals surface area contributed by atoms with Crippen molar-refractivity contribution in [2.45, 2.75) is 50.5 Å². The Morgan fingerprint density at radius 3 is 2.33 bits per heavy atom. The molecule has 3 aliphatic rings. The molecule has 1 saturated heterocycles. The van der Waals surface area contributed by atoms with Gasteiger partial charge in [0.05, 0.1) is 7.11 Å². The Morgan fingerprint density at radius 1 is 0.852 bits per heavy atom. The second-order valence-corrected chi connectivity index (χ2v) is 8.88. The highest BCUT2D eigenvalue weighted by Gasteiger charge is 2.43. The van der Waals surface area contributed by atoms with Crippen LogP contribution in [0, 0.1) is 11.8 Å². The number of likely N-dealkylation sites (tertiary alicyclic amines) is 1. The Hall–Kier alpha value is -1.80. The van der Waals surface area contributed by atoms with Gasteiger partial charge in [0.25, 0.3) is 0 Å². The first kappa shape index (κ1) is 17.3. The molecule has 2 nitrogen and oxygen atoms in total. The zero-order valence-electron chi connectivity index (χ0n) is 16.4. The number of hydrogen-bond donors (Lipinski definition) is 0. The second-order valence-electron chi connectivity index (χ2n) is 8.88. The third kappa shape index (κ3) is 3.29. The summed E-state index contributed by atoms with van der Waals surface area (Å²) < 4.78 is 5.74. The van der Waals surface area contributed by atoms with Crippen molar-refractivity contribution in [1.29, 1.82) is 0 Å². The number of hydrogen-bond acceptors (Lipinski definition) is 2. The average molecular weight is 362 g/mol. The van der Waals surface area contributed by atoms with Gasteiger partial charge in [-0.15, -0.1) is 0 Å². The van der Waals surface area contributed by atoms with Crippen LogP contribution in [-0.2, 0) is 0 Å². The predicted octanol–water partition coefficient (Wildman–Crippen LogP) is 5.73. The molecule has 2 bridgehead atoms. The maximum Gasteiger partial charge on any atom is 0.122 e. The lowest BCUT2D eigenvalue weighted by molar-refractivity contribution is 0.110. The molecule has 0 radical (unpaired) electrons. The SMILES string of the molecule is COc1ccc(-c2ccccc2)cc1C1CCN([C@@H]2C[C@@H]3CC[C@H]2C3)CC1. The van der Waals surface area contributed by atoms with E-state index in [4.69, 9.17) is 4.74 Å². The van der Waals surface area contributed by atoms with E-state index in [0.29, 0.717) is 5.92 Å².